The Morgan fingerprint density at radius 1 is 0.917 bits per heavy atom. The lowest BCUT2D eigenvalue weighted by Crippen LogP contribution is -2.48. The van der Waals surface area contributed by atoms with Crippen molar-refractivity contribution in [2.45, 2.75) is 57.2 Å². The zero-order valence-electron chi connectivity index (χ0n) is 20.2. The summed E-state index contributed by atoms with van der Waals surface area (Å²) < 4.78 is 20.3. The number of nitrogens with zero attached hydrogens (tertiary/aromatic N) is 2. The highest BCUT2D eigenvalue weighted by Gasteiger charge is 2.25. The predicted molar refractivity (Wildman–Crippen MR) is 131 cm³/mol. The molecule has 10 heteroatoms. The Kier molecular flexibility index (Phi) is 7.22. The Balaban J connectivity index is 1.09. The van der Waals surface area contributed by atoms with Gasteiger partial charge in [-0.25, -0.2) is 9.18 Å². The van der Waals surface area contributed by atoms with Crippen molar-refractivity contribution in [3.8, 4) is 0 Å². The van der Waals surface area contributed by atoms with E-state index in [9.17, 15) is 18.8 Å². The van der Waals surface area contributed by atoms with Gasteiger partial charge in [-0.3, -0.25) is 14.5 Å². The second-order valence-electron chi connectivity index (χ2n) is 9.86. The molecule has 2 heterocycles. The Hall–Kier alpha value is -3.40. The fourth-order valence-electron chi connectivity index (χ4n) is 4.55. The summed E-state index contributed by atoms with van der Waals surface area (Å²) in [4.78, 5) is 41.0. The van der Waals surface area contributed by atoms with E-state index in [1.54, 1.807) is 11.0 Å². The lowest BCUT2D eigenvalue weighted by atomic mass is 9.93. The number of nitrogens with one attached hydrogen (secondary N) is 3. The number of hydrogen-bond acceptors (Lipinski definition) is 5. The molecule has 192 valence electrons. The maximum atomic E-state index is 14.6. The van der Waals surface area contributed by atoms with Crippen LogP contribution >= 0.6 is 0 Å². The van der Waals surface area contributed by atoms with Gasteiger partial charge in [0.1, 0.15) is 11.6 Å². The highest BCUT2D eigenvalue weighted by atomic mass is 19.1. The standard InChI is InChI=1S/C26H32FN5O4/c27-21-15-17(7-9-22(21)30-26(35)29-19-5-2-6-19)25(34)32-13-11-31(12-14-32)16-20-8-10-23(36-20)24(33)28-18-3-1-4-18/h7-10,15,18-19H,1-6,11-14,16H2,(H,28,33)(H2,29,30,35). The number of carbonyl (C=O) groups is 3. The fraction of sp³-hybridized carbons (Fsp3) is 0.500. The Labute approximate surface area is 209 Å². The summed E-state index contributed by atoms with van der Waals surface area (Å²) in [5.41, 5.74) is 0.298. The molecule has 5 rings (SSSR count). The van der Waals surface area contributed by atoms with Crippen LogP contribution in [0.1, 0.15) is 65.2 Å². The van der Waals surface area contributed by atoms with Gasteiger partial charge in [0.05, 0.1) is 12.2 Å². The van der Waals surface area contributed by atoms with Crippen molar-refractivity contribution < 1.29 is 23.2 Å². The quantitative estimate of drug-likeness (QED) is 0.544. The average Bonchev–Trinajstić information content (AvgIpc) is 3.28. The molecule has 0 unspecified atom stereocenters. The highest BCUT2D eigenvalue weighted by molar-refractivity contribution is 5.96. The van der Waals surface area contributed by atoms with Gasteiger partial charge in [-0.15, -0.1) is 0 Å². The van der Waals surface area contributed by atoms with Crippen LogP contribution in [0.25, 0.3) is 0 Å². The maximum absolute atomic E-state index is 14.6. The molecule has 3 N–H and O–H groups in total. The van der Waals surface area contributed by atoms with Crippen LogP contribution in [0.5, 0.6) is 0 Å². The molecule has 1 aromatic carbocycles. The largest absolute Gasteiger partial charge is 0.455 e. The summed E-state index contributed by atoms with van der Waals surface area (Å²) in [7, 11) is 0. The normalized spacial score (nSPS) is 18.8. The molecule has 2 aromatic rings. The van der Waals surface area contributed by atoms with Gasteiger partial charge in [-0.2, -0.15) is 0 Å². The first-order chi connectivity index (χ1) is 17.4. The fourth-order valence-corrected chi connectivity index (χ4v) is 4.55. The molecular weight excluding hydrogens is 465 g/mol. The third-order valence-corrected chi connectivity index (χ3v) is 7.27. The molecule has 0 atom stereocenters. The number of benzene rings is 1. The van der Waals surface area contributed by atoms with Crippen molar-refractivity contribution in [3.63, 3.8) is 0 Å². The van der Waals surface area contributed by atoms with Gasteiger partial charge in [0.2, 0.25) is 0 Å². The first kappa shape index (κ1) is 24.3. The summed E-state index contributed by atoms with van der Waals surface area (Å²) in [5, 5.41) is 8.29. The number of hydrogen-bond donors (Lipinski definition) is 3. The van der Waals surface area contributed by atoms with Crippen LogP contribution in [0.3, 0.4) is 0 Å². The van der Waals surface area contributed by atoms with Gasteiger partial charge < -0.3 is 25.3 Å². The molecule has 36 heavy (non-hydrogen) atoms. The molecule has 1 saturated heterocycles. The van der Waals surface area contributed by atoms with Gasteiger partial charge in [0.15, 0.2) is 5.76 Å². The van der Waals surface area contributed by atoms with E-state index in [4.69, 9.17) is 4.42 Å². The molecule has 0 radical (unpaired) electrons. The smallest absolute Gasteiger partial charge is 0.319 e. The van der Waals surface area contributed by atoms with Gasteiger partial charge in [-0.05, 0) is 68.9 Å². The number of anilines is 1. The van der Waals surface area contributed by atoms with E-state index in [0.717, 1.165) is 38.5 Å². The average molecular weight is 498 g/mol. The molecular formula is C26H32FN5O4. The number of furan rings is 1. The highest BCUT2D eigenvalue weighted by Crippen LogP contribution is 2.21. The number of piperazine rings is 1. The predicted octanol–water partition coefficient (Wildman–Crippen LogP) is 3.33. The van der Waals surface area contributed by atoms with Crippen molar-refractivity contribution in [2.75, 3.05) is 31.5 Å². The molecule has 0 spiro atoms. The summed E-state index contributed by atoms with van der Waals surface area (Å²) in [6, 6.07) is 7.63. The van der Waals surface area contributed by atoms with Crippen LogP contribution in [0.4, 0.5) is 14.9 Å². The van der Waals surface area contributed by atoms with Gasteiger partial charge in [-0.1, -0.05) is 0 Å². The zero-order chi connectivity index (χ0) is 25.1. The maximum Gasteiger partial charge on any atom is 0.319 e. The van der Waals surface area contributed by atoms with Crippen molar-refractivity contribution in [1.82, 2.24) is 20.4 Å². The summed E-state index contributed by atoms with van der Waals surface area (Å²) in [6.07, 6.45) is 6.17. The van der Waals surface area contributed by atoms with Crippen LogP contribution in [0.15, 0.2) is 34.7 Å². The topological polar surface area (TPSA) is 107 Å². The zero-order valence-corrected chi connectivity index (χ0v) is 20.2. The van der Waals surface area contributed by atoms with Gasteiger partial charge >= 0.3 is 6.03 Å². The summed E-state index contributed by atoms with van der Waals surface area (Å²) in [6.45, 7) is 2.83. The van der Waals surface area contributed by atoms with Crippen LogP contribution in [-0.4, -0.2) is 65.9 Å². The molecule has 2 saturated carbocycles. The van der Waals surface area contributed by atoms with E-state index in [2.05, 4.69) is 20.9 Å². The molecule has 3 aliphatic rings. The molecule has 2 aliphatic carbocycles. The van der Waals surface area contributed by atoms with Crippen molar-refractivity contribution in [3.05, 3.63) is 53.2 Å². The minimum Gasteiger partial charge on any atom is -0.455 e. The van der Waals surface area contributed by atoms with Crippen LogP contribution in [0, 0.1) is 5.82 Å². The SMILES string of the molecule is O=C(Nc1ccc(C(=O)N2CCN(Cc3ccc(C(=O)NC4CCC4)o3)CC2)cc1F)NC1CCC1. The van der Waals surface area contributed by atoms with Crippen molar-refractivity contribution in [2.24, 2.45) is 0 Å². The minimum absolute atomic E-state index is 0.0485. The molecule has 9 nitrogen and oxygen atoms in total. The lowest BCUT2D eigenvalue weighted by molar-refractivity contribution is 0.0617. The lowest BCUT2D eigenvalue weighted by Gasteiger charge is -2.34. The van der Waals surface area contributed by atoms with E-state index in [0.29, 0.717) is 44.2 Å². The van der Waals surface area contributed by atoms with E-state index < -0.39 is 11.8 Å². The van der Waals surface area contributed by atoms with Crippen molar-refractivity contribution >= 4 is 23.5 Å². The third-order valence-electron chi connectivity index (χ3n) is 7.27. The monoisotopic (exact) mass is 497 g/mol. The molecule has 4 amide bonds. The van der Waals surface area contributed by atoms with Gasteiger partial charge in [0.25, 0.3) is 11.8 Å². The number of rotatable bonds is 7. The number of amides is 4. The Bertz CT molecular complexity index is 1120. The first-order valence-corrected chi connectivity index (χ1v) is 12.7. The summed E-state index contributed by atoms with van der Waals surface area (Å²) >= 11 is 0. The number of urea groups is 1. The van der Waals surface area contributed by atoms with Crippen LogP contribution in [0.2, 0.25) is 0 Å². The molecule has 1 aliphatic heterocycles. The second-order valence-corrected chi connectivity index (χ2v) is 9.86. The number of carbonyl (C=O) groups excluding carboxylic acids is 3. The van der Waals surface area contributed by atoms with E-state index in [1.165, 1.54) is 18.2 Å². The Morgan fingerprint density at radius 2 is 1.61 bits per heavy atom. The molecule has 1 aromatic heterocycles. The second kappa shape index (κ2) is 10.7. The summed E-state index contributed by atoms with van der Waals surface area (Å²) in [5.74, 6) is -0.0229. The number of halogens is 1. The third kappa shape index (κ3) is 5.70. The molecule has 0 bridgehead atoms. The van der Waals surface area contributed by atoms with Gasteiger partial charge in [0, 0.05) is 43.8 Å². The minimum atomic E-state index is -0.641. The van der Waals surface area contributed by atoms with Crippen molar-refractivity contribution in [1.29, 1.82) is 0 Å². The van der Waals surface area contributed by atoms with Crippen LogP contribution < -0.4 is 16.0 Å². The Morgan fingerprint density at radius 3 is 2.25 bits per heavy atom. The van der Waals surface area contributed by atoms with E-state index >= 15 is 0 Å². The molecule has 3 fully saturated rings. The first-order valence-electron chi connectivity index (χ1n) is 12.7. The van der Waals surface area contributed by atoms with Crippen LogP contribution in [-0.2, 0) is 6.54 Å². The van der Waals surface area contributed by atoms with E-state index in [1.807, 2.05) is 6.07 Å². The van der Waals surface area contributed by atoms with E-state index in [-0.39, 0.29) is 35.1 Å².